The number of likely N-dealkylation sites (N-methyl/N-ethyl adjacent to an activating group) is 1. The fraction of sp³-hybridized carbons (Fsp3) is 0.400. The molecule has 0 N–H and O–H groups in total. The number of hydrogen-bond acceptors (Lipinski definition) is 5. The third-order valence-electron chi connectivity index (χ3n) is 3.48. The van der Waals surface area contributed by atoms with E-state index in [2.05, 4.69) is 29.9 Å². The fourth-order valence-electron chi connectivity index (χ4n) is 2.34. The van der Waals surface area contributed by atoms with Crippen LogP contribution in [0.4, 0.5) is 0 Å². The maximum Gasteiger partial charge on any atom is 0.231 e. The largest absolute Gasteiger partial charge is 0.454 e. The normalized spacial score (nSPS) is 13.2. The molecule has 1 aliphatic rings. The molecular formula is C15H18N2O2S. The zero-order valence-electron chi connectivity index (χ0n) is 11.8. The van der Waals surface area contributed by atoms with Crippen LogP contribution >= 0.6 is 11.3 Å². The molecule has 2 heterocycles. The SMILES string of the molecule is Cc1ncsc1CCN(C)Cc1cccc2c1OCO2. The molecule has 0 amide bonds. The molecule has 0 unspecified atom stereocenters. The van der Waals surface area contributed by atoms with Crippen LogP contribution in [-0.4, -0.2) is 30.3 Å². The van der Waals surface area contributed by atoms with Crippen LogP contribution in [0.25, 0.3) is 0 Å². The molecule has 0 radical (unpaired) electrons. The van der Waals surface area contributed by atoms with Gasteiger partial charge in [-0.3, -0.25) is 0 Å². The number of aryl methyl sites for hydroxylation is 1. The third kappa shape index (κ3) is 2.78. The van der Waals surface area contributed by atoms with E-state index in [-0.39, 0.29) is 0 Å². The lowest BCUT2D eigenvalue weighted by atomic mass is 10.1. The molecule has 106 valence electrons. The van der Waals surface area contributed by atoms with Gasteiger partial charge in [0.05, 0.1) is 11.2 Å². The van der Waals surface area contributed by atoms with Crippen LogP contribution in [0.2, 0.25) is 0 Å². The Labute approximate surface area is 123 Å². The highest BCUT2D eigenvalue weighted by atomic mass is 32.1. The summed E-state index contributed by atoms with van der Waals surface area (Å²) in [6, 6.07) is 6.07. The number of thiazole rings is 1. The Morgan fingerprint density at radius 1 is 1.35 bits per heavy atom. The van der Waals surface area contributed by atoms with Gasteiger partial charge >= 0.3 is 0 Å². The van der Waals surface area contributed by atoms with Gasteiger partial charge in [-0.25, -0.2) is 4.98 Å². The van der Waals surface area contributed by atoms with Crippen molar-refractivity contribution >= 4 is 11.3 Å². The Bertz CT molecular complexity index is 597. The molecule has 0 aliphatic carbocycles. The van der Waals surface area contributed by atoms with E-state index in [0.717, 1.165) is 36.7 Å². The molecule has 3 rings (SSSR count). The monoisotopic (exact) mass is 290 g/mol. The quantitative estimate of drug-likeness (QED) is 0.848. The van der Waals surface area contributed by atoms with E-state index in [1.54, 1.807) is 11.3 Å². The number of aromatic nitrogens is 1. The minimum atomic E-state index is 0.329. The molecule has 5 heteroatoms. The van der Waals surface area contributed by atoms with E-state index in [1.807, 2.05) is 17.6 Å². The van der Waals surface area contributed by atoms with Crippen molar-refractivity contribution in [3.8, 4) is 11.5 Å². The Hall–Kier alpha value is -1.59. The number of rotatable bonds is 5. The minimum absolute atomic E-state index is 0.329. The minimum Gasteiger partial charge on any atom is -0.454 e. The molecule has 1 aliphatic heterocycles. The molecule has 0 atom stereocenters. The van der Waals surface area contributed by atoms with Gasteiger partial charge in [0.15, 0.2) is 11.5 Å². The van der Waals surface area contributed by atoms with Crippen LogP contribution in [0.3, 0.4) is 0 Å². The van der Waals surface area contributed by atoms with Crippen molar-refractivity contribution in [2.45, 2.75) is 19.9 Å². The average molecular weight is 290 g/mol. The van der Waals surface area contributed by atoms with Crippen molar-refractivity contribution in [2.75, 3.05) is 20.4 Å². The molecule has 0 fully saturated rings. The highest BCUT2D eigenvalue weighted by molar-refractivity contribution is 7.09. The lowest BCUT2D eigenvalue weighted by Crippen LogP contribution is -2.20. The number of nitrogens with zero attached hydrogens (tertiary/aromatic N) is 2. The number of para-hydroxylation sites is 1. The summed E-state index contributed by atoms with van der Waals surface area (Å²) in [4.78, 5) is 7.96. The predicted octanol–water partition coefficient (Wildman–Crippen LogP) is 2.85. The standard InChI is InChI=1S/C15H18N2O2S/c1-11-14(20-9-16-11)6-7-17(2)8-12-4-3-5-13-15(12)19-10-18-13/h3-5,9H,6-8,10H2,1-2H3. The van der Waals surface area contributed by atoms with E-state index in [4.69, 9.17) is 9.47 Å². The highest BCUT2D eigenvalue weighted by Gasteiger charge is 2.17. The van der Waals surface area contributed by atoms with Crippen LogP contribution in [0.5, 0.6) is 11.5 Å². The number of ether oxygens (including phenoxy) is 2. The van der Waals surface area contributed by atoms with Gasteiger partial charge in [0, 0.05) is 23.5 Å². The van der Waals surface area contributed by atoms with Crippen LogP contribution < -0.4 is 9.47 Å². The van der Waals surface area contributed by atoms with Crippen LogP contribution in [0, 0.1) is 6.92 Å². The topological polar surface area (TPSA) is 34.6 Å². The van der Waals surface area contributed by atoms with Crippen molar-refractivity contribution < 1.29 is 9.47 Å². The highest BCUT2D eigenvalue weighted by Crippen LogP contribution is 2.35. The van der Waals surface area contributed by atoms with Crippen molar-refractivity contribution in [2.24, 2.45) is 0 Å². The summed E-state index contributed by atoms with van der Waals surface area (Å²) in [5, 5.41) is 0. The van der Waals surface area contributed by atoms with Gasteiger partial charge in [-0.1, -0.05) is 12.1 Å². The fourth-order valence-corrected chi connectivity index (χ4v) is 3.11. The predicted molar refractivity (Wildman–Crippen MR) is 79.5 cm³/mol. The molecular weight excluding hydrogens is 272 g/mol. The molecule has 4 nitrogen and oxygen atoms in total. The number of hydrogen-bond donors (Lipinski definition) is 0. The lowest BCUT2D eigenvalue weighted by molar-refractivity contribution is 0.172. The lowest BCUT2D eigenvalue weighted by Gasteiger charge is -2.17. The van der Waals surface area contributed by atoms with Gasteiger partial charge in [-0.15, -0.1) is 11.3 Å². The summed E-state index contributed by atoms with van der Waals surface area (Å²) in [6.07, 6.45) is 1.04. The second-order valence-corrected chi connectivity index (χ2v) is 5.94. The smallest absolute Gasteiger partial charge is 0.231 e. The third-order valence-corrected chi connectivity index (χ3v) is 4.48. The van der Waals surface area contributed by atoms with Gasteiger partial charge in [0.1, 0.15) is 0 Å². The summed E-state index contributed by atoms with van der Waals surface area (Å²) in [7, 11) is 2.13. The van der Waals surface area contributed by atoms with Crippen molar-refractivity contribution in [1.82, 2.24) is 9.88 Å². The van der Waals surface area contributed by atoms with E-state index < -0.39 is 0 Å². The molecule has 1 aromatic heterocycles. The summed E-state index contributed by atoms with van der Waals surface area (Å²) < 4.78 is 11.0. The summed E-state index contributed by atoms with van der Waals surface area (Å²) in [5.41, 5.74) is 4.25. The second kappa shape index (κ2) is 5.81. The van der Waals surface area contributed by atoms with E-state index >= 15 is 0 Å². The first kappa shape index (κ1) is 13.4. The first-order valence-electron chi connectivity index (χ1n) is 6.69. The molecule has 0 saturated heterocycles. The van der Waals surface area contributed by atoms with Gasteiger partial charge in [0.2, 0.25) is 6.79 Å². The van der Waals surface area contributed by atoms with Crippen LogP contribution in [0.15, 0.2) is 23.7 Å². The molecule has 1 aromatic carbocycles. The molecule has 20 heavy (non-hydrogen) atoms. The van der Waals surface area contributed by atoms with Crippen molar-refractivity contribution in [3.63, 3.8) is 0 Å². The molecule has 0 saturated carbocycles. The number of fused-ring (bicyclic) bond motifs is 1. The zero-order chi connectivity index (χ0) is 13.9. The van der Waals surface area contributed by atoms with Crippen molar-refractivity contribution in [1.29, 1.82) is 0 Å². The maximum absolute atomic E-state index is 5.54. The summed E-state index contributed by atoms with van der Waals surface area (Å²) in [5.74, 6) is 1.75. The number of benzene rings is 1. The Morgan fingerprint density at radius 2 is 2.25 bits per heavy atom. The average Bonchev–Trinajstić information content (AvgIpc) is 3.06. The first-order chi connectivity index (χ1) is 9.74. The van der Waals surface area contributed by atoms with Crippen LogP contribution in [0.1, 0.15) is 16.1 Å². The van der Waals surface area contributed by atoms with Gasteiger partial charge in [-0.2, -0.15) is 0 Å². The van der Waals surface area contributed by atoms with Gasteiger partial charge in [0.25, 0.3) is 0 Å². The van der Waals surface area contributed by atoms with Gasteiger partial charge < -0.3 is 14.4 Å². The Balaban J connectivity index is 1.61. The second-order valence-electron chi connectivity index (χ2n) is 5.00. The van der Waals surface area contributed by atoms with E-state index in [9.17, 15) is 0 Å². The maximum atomic E-state index is 5.54. The zero-order valence-corrected chi connectivity index (χ0v) is 12.6. The molecule has 0 bridgehead atoms. The first-order valence-corrected chi connectivity index (χ1v) is 7.57. The summed E-state index contributed by atoms with van der Waals surface area (Å²) in [6.45, 7) is 4.27. The van der Waals surface area contributed by atoms with E-state index in [1.165, 1.54) is 10.4 Å². The summed E-state index contributed by atoms with van der Waals surface area (Å²) >= 11 is 1.74. The Morgan fingerprint density at radius 3 is 3.05 bits per heavy atom. The van der Waals surface area contributed by atoms with Crippen molar-refractivity contribution in [3.05, 3.63) is 39.8 Å². The molecule has 2 aromatic rings. The molecule has 0 spiro atoms. The van der Waals surface area contributed by atoms with Crippen LogP contribution in [-0.2, 0) is 13.0 Å². The Kier molecular flexibility index (Phi) is 3.89. The van der Waals surface area contributed by atoms with Gasteiger partial charge in [-0.05, 0) is 26.5 Å². The van der Waals surface area contributed by atoms with E-state index in [0.29, 0.717) is 6.79 Å².